The maximum Gasteiger partial charge on any atom is 0.267 e. The molecule has 9 heteroatoms. The number of hydrogen-bond acceptors (Lipinski definition) is 6. The fourth-order valence-electron chi connectivity index (χ4n) is 2.54. The van der Waals surface area contributed by atoms with Crippen molar-refractivity contribution in [1.82, 2.24) is 24.6 Å². The third-order valence-electron chi connectivity index (χ3n) is 4.07. The van der Waals surface area contributed by atoms with E-state index >= 15 is 0 Å². The third kappa shape index (κ3) is 4.02. The minimum absolute atomic E-state index is 0.156. The standard InChI is InChI=1S/C18H19N5O4/c1-12-10-19-11-22(18(12)26)8-7-20-17(25)13(2)23-16(24)6-5-14(21-23)15-4-3-9-27-15/h3-6,9-11,13H,7-8H2,1-2H3,(H,20,25). The molecule has 0 spiro atoms. The van der Waals surface area contributed by atoms with Gasteiger partial charge in [-0.1, -0.05) is 0 Å². The van der Waals surface area contributed by atoms with Crippen LogP contribution in [-0.2, 0) is 11.3 Å². The molecule has 27 heavy (non-hydrogen) atoms. The SMILES string of the molecule is Cc1cncn(CCNC(=O)C(C)n2nc(-c3ccco3)ccc2=O)c1=O. The van der Waals surface area contributed by atoms with Gasteiger partial charge in [-0.25, -0.2) is 9.67 Å². The average Bonchev–Trinajstić information content (AvgIpc) is 3.19. The summed E-state index contributed by atoms with van der Waals surface area (Å²) >= 11 is 0. The summed E-state index contributed by atoms with van der Waals surface area (Å²) in [5.74, 6) is 0.123. The molecule has 0 aliphatic rings. The first-order valence-electron chi connectivity index (χ1n) is 8.40. The van der Waals surface area contributed by atoms with Crippen molar-refractivity contribution in [3.8, 4) is 11.5 Å². The second-order valence-corrected chi connectivity index (χ2v) is 6.02. The Balaban J connectivity index is 1.68. The smallest absolute Gasteiger partial charge is 0.267 e. The van der Waals surface area contributed by atoms with Gasteiger partial charge in [0.05, 0.1) is 12.6 Å². The highest BCUT2D eigenvalue weighted by Gasteiger charge is 2.18. The van der Waals surface area contributed by atoms with E-state index in [2.05, 4.69) is 15.4 Å². The maximum atomic E-state index is 12.4. The molecule has 9 nitrogen and oxygen atoms in total. The number of rotatable bonds is 6. The van der Waals surface area contributed by atoms with E-state index in [0.717, 1.165) is 4.68 Å². The summed E-state index contributed by atoms with van der Waals surface area (Å²) in [6.45, 7) is 3.76. The summed E-state index contributed by atoms with van der Waals surface area (Å²) in [5, 5.41) is 6.92. The van der Waals surface area contributed by atoms with Gasteiger partial charge in [-0.15, -0.1) is 0 Å². The van der Waals surface area contributed by atoms with E-state index in [1.807, 2.05) is 0 Å². The van der Waals surface area contributed by atoms with E-state index < -0.39 is 11.6 Å². The van der Waals surface area contributed by atoms with Crippen molar-refractivity contribution < 1.29 is 9.21 Å². The van der Waals surface area contributed by atoms with Gasteiger partial charge in [0.15, 0.2) is 5.76 Å². The largest absolute Gasteiger partial charge is 0.463 e. The monoisotopic (exact) mass is 369 g/mol. The van der Waals surface area contributed by atoms with Crippen LogP contribution in [0.15, 0.2) is 57.1 Å². The molecule has 0 saturated carbocycles. The topological polar surface area (TPSA) is 112 Å². The normalized spacial score (nSPS) is 11.9. The summed E-state index contributed by atoms with van der Waals surface area (Å²) in [4.78, 5) is 40.4. The lowest BCUT2D eigenvalue weighted by Gasteiger charge is -2.15. The first-order chi connectivity index (χ1) is 13.0. The van der Waals surface area contributed by atoms with Gasteiger partial charge in [0, 0.05) is 30.9 Å². The molecule has 3 aromatic rings. The van der Waals surface area contributed by atoms with Crippen LogP contribution in [0.3, 0.4) is 0 Å². The average molecular weight is 369 g/mol. The number of hydrogen-bond donors (Lipinski definition) is 1. The van der Waals surface area contributed by atoms with Crippen LogP contribution in [0.1, 0.15) is 18.5 Å². The molecule has 0 bridgehead atoms. The van der Waals surface area contributed by atoms with E-state index in [1.165, 1.54) is 29.4 Å². The molecule has 3 heterocycles. The Morgan fingerprint density at radius 2 is 2.11 bits per heavy atom. The number of furan rings is 1. The zero-order chi connectivity index (χ0) is 19.4. The minimum Gasteiger partial charge on any atom is -0.463 e. The molecule has 1 amide bonds. The Kier molecular flexibility index (Phi) is 5.30. The van der Waals surface area contributed by atoms with Crippen molar-refractivity contribution in [1.29, 1.82) is 0 Å². The summed E-state index contributed by atoms with van der Waals surface area (Å²) in [5.41, 5.74) is 0.433. The van der Waals surface area contributed by atoms with Gasteiger partial charge in [-0.3, -0.25) is 19.0 Å². The lowest BCUT2D eigenvalue weighted by molar-refractivity contribution is -0.124. The molecular weight excluding hydrogens is 350 g/mol. The number of amides is 1. The number of carbonyl (C=O) groups is 1. The molecule has 1 atom stereocenters. The highest BCUT2D eigenvalue weighted by atomic mass is 16.3. The van der Waals surface area contributed by atoms with Crippen LogP contribution in [0.5, 0.6) is 0 Å². The number of aromatic nitrogens is 4. The number of nitrogens with one attached hydrogen (secondary N) is 1. The number of nitrogens with zero attached hydrogens (tertiary/aromatic N) is 4. The van der Waals surface area contributed by atoms with Crippen LogP contribution >= 0.6 is 0 Å². The van der Waals surface area contributed by atoms with E-state index in [-0.39, 0.29) is 24.6 Å². The van der Waals surface area contributed by atoms with Gasteiger partial charge in [-0.2, -0.15) is 5.10 Å². The Bertz CT molecular complexity index is 1050. The molecule has 1 N–H and O–H groups in total. The summed E-state index contributed by atoms with van der Waals surface area (Å²) in [7, 11) is 0. The van der Waals surface area contributed by atoms with Crippen LogP contribution in [0.25, 0.3) is 11.5 Å². The Morgan fingerprint density at radius 3 is 2.85 bits per heavy atom. The minimum atomic E-state index is -0.820. The summed E-state index contributed by atoms with van der Waals surface area (Å²) in [6.07, 6.45) is 4.41. The lowest BCUT2D eigenvalue weighted by Crippen LogP contribution is -2.39. The van der Waals surface area contributed by atoms with E-state index in [4.69, 9.17) is 4.42 Å². The van der Waals surface area contributed by atoms with E-state index in [9.17, 15) is 14.4 Å². The molecule has 140 valence electrons. The molecule has 0 aliphatic carbocycles. The van der Waals surface area contributed by atoms with Gasteiger partial charge in [-0.05, 0) is 32.0 Å². The van der Waals surface area contributed by atoms with Crippen LogP contribution in [0.4, 0.5) is 0 Å². The van der Waals surface area contributed by atoms with Crippen LogP contribution < -0.4 is 16.4 Å². The van der Waals surface area contributed by atoms with Crippen molar-refractivity contribution in [2.24, 2.45) is 0 Å². The van der Waals surface area contributed by atoms with Crippen LogP contribution in [-0.4, -0.2) is 31.8 Å². The van der Waals surface area contributed by atoms with Crippen molar-refractivity contribution in [3.05, 3.63) is 69.3 Å². The van der Waals surface area contributed by atoms with Crippen molar-refractivity contribution in [3.63, 3.8) is 0 Å². The maximum absolute atomic E-state index is 12.4. The third-order valence-corrected chi connectivity index (χ3v) is 4.07. The van der Waals surface area contributed by atoms with E-state index in [1.54, 1.807) is 32.0 Å². The van der Waals surface area contributed by atoms with Gasteiger partial charge in [0.25, 0.3) is 11.1 Å². The Morgan fingerprint density at radius 1 is 1.30 bits per heavy atom. The molecule has 0 aromatic carbocycles. The number of aryl methyl sites for hydroxylation is 1. The highest BCUT2D eigenvalue weighted by Crippen LogP contribution is 2.16. The van der Waals surface area contributed by atoms with Gasteiger partial charge in [0.2, 0.25) is 5.91 Å². The Labute approximate surface area is 154 Å². The molecule has 3 aromatic heterocycles. The fourth-order valence-corrected chi connectivity index (χ4v) is 2.54. The van der Waals surface area contributed by atoms with Gasteiger partial charge >= 0.3 is 0 Å². The molecule has 0 saturated heterocycles. The zero-order valence-electron chi connectivity index (χ0n) is 15.0. The van der Waals surface area contributed by atoms with Crippen molar-refractivity contribution >= 4 is 5.91 Å². The molecule has 3 rings (SSSR count). The number of carbonyl (C=O) groups excluding carboxylic acids is 1. The first kappa shape index (κ1) is 18.3. The van der Waals surface area contributed by atoms with Gasteiger partial charge in [0.1, 0.15) is 11.7 Å². The predicted octanol–water partition coefficient (Wildman–Crippen LogP) is 0.746. The lowest BCUT2D eigenvalue weighted by atomic mass is 10.3. The van der Waals surface area contributed by atoms with E-state index in [0.29, 0.717) is 17.0 Å². The predicted molar refractivity (Wildman–Crippen MR) is 97.2 cm³/mol. The fraction of sp³-hybridized carbons (Fsp3) is 0.278. The molecular formula is C18H19N5O4. The molecule has 0 aliphatic heterocycles. The van der Waals surface area contributed by atoms with Crippen LogP contribution in [0, 0.1) is 6.92 Å². The summed E-state index contributed by atoms with van der Waals surface area (Å²) < 4.78 is 7.80. The Hall–Kier alpha value is -3.49. The van der Waals surface area contributed by atoms with Crippen LogP contribution in [0.2, 0.25) is 0 Å². The highest BCUT2D eigenvalue weighted by molar-refractivity contribution is 5.79. The molecule has 0 radical (unpaired) electrons. The first-order valence-corrected chi connectivity index (χ1v) is 8.40. The summed E-state index contributed by atoms with van der Waals surface area (Å²) in [6, 6.07) is 5.49. The zero-order valence-corrected chi connectivity index (χ0v) is 15.0. The second kappa shape index (κ2) is 7.81. The second-order valence-electron chi connectivity index (χ2n) is 6.02. The quantitative estimate of drug-likeness (QED) is 0.686. The molecule has 1 unspecified atom stereocenters. The molecule has 0 fully saturated rings. The van der Waals surface area contributed by atoms with Crippen molar-refractivity contribution in [2.75, 3.05) is 6.54 Å². The van der Waals surface area contributed by atoms with Gasteiger partial charge < -0.3 is 9.73 Å². The van der Waals surface area contributed by atoms with Crippen molar-refractivity contribution in [2.45, 2.75) is 26.4 Å².